The quantitative estimate of drug-likeness (QED) is 0.303. The van der Waals surface area contributed by atoms with Crippen molar-refractivity contribution in [2.24, 2.45) is 0 Å². The van der Waals surface area contributed by atoms with Gasteiger partial charge in [-0.05, 0) is 44.2 Å². The fourth-order valence-corrected chi connectivity index (χ4v) is 4.54. The largest absolute Gasteiger partial charge is 0.465 e. The minimum atomic E-state index is -0.542. The van der Waals surface area contributed by atoms with Crippen molar-refractivity contribution in [2.75, 3.05) is 18.2 Å². The molecule has 3 rings (SSSR count). The third-order valence-electron chi connectivity index (χ3n) is 4.91. The predicted octanol–water partition coefficient (Wildman–Crippen LogP) is 4.61. The molecule has 184 valence electrons. The molecule has 0 aliphatic heterocycles. The van der Waals surface area contributed by atoms with Crippen molar-refractivity contribution in [3.8, 4) is 0 Å². The number of thioether (sulfide) groups is 1. The molecule has 9 nitrogen and oxygen atoms in total. The second-order valence-electron chi connectivity index (χ2n) is 7.28. The topological polar surface area (TPSA) is 115 Å². The summed E-state index contributed by atoms with van der Waals surface area (Å²) in [5.74, 6) is -0.668. The maximum Gasteiger partial charge on any atom is 0.339 e. The molecule has 0 saturated carbocycles. The van der Waals surface area contributed by atoms with Gasteiger partial charge in [-0.3, -0.25) is 9.59 Å². The molecule has 2 N–H and O–H groups in total. The zero-order valence-corrected chi connectivity index (χ0v) is 21.5. The van der Waals surface area contributed by atoms with E-state index in [1.54, 1.807) is 43.3 Å². The van der Waals surface area contributed by atoms with Gasteiger partial charge in [0.1, 0.15) is 0 Å². The van der Waals surface area contributed by atoms with Gasteiger partial charge in [-0.1, -0.05) is 47.1 Å². The van der Waals surface area contributed by atoms with Crippen LogP contribution in [-0.4, -0.2) is 45.4 Å². The van der Waals surface area contributed by atoms with Crippen molar-refractivity contribution in [1.29, 1.82) is 0 Å². The van der Waals surface area contributed by atoms with Crippen LogP contribution in [0, 0.1) is 0 Å². The molecule has 0 spiro atoms. The third-order valence-corrected chi connectivity index (χ3v) is 6.43. The van der Waals surface area contributed by atoms with Crippen LogP contribution in [0.3, 0.4) is 0 Å². The smallest absolute Gasteiger partial charge is 0.339 e. The highest BCUT2D eigenvalue weighted by Gasteiger charge is 2.21. The Labute approximate surface area is 216 Å². The molecule has 3 aromatic rings. The number of halogens is 2. The molecule has 0 bridgehead atoms. The van der Waals surface area contributed by atoms with Crippen LogP contribution in [0.25, 0.3) is 0 Å². The van der Waals surface area contributed by atoms with E-state index in [0.717, 1.165) is 0 Å². The Balaban J connectivity index is 1.66. The number of esters is 1. The average Bonchev–Trinajstić information content (AvgIpc) is 3.25. The molecule has 0 aliphatic carbocycles. The lowest BCUT2D eigenvalue weighted by Crippen LogP contribution is -2.29. The maximum atomic E-state index is 12.7. The van der Waals surface area contributed by atoms with Crippen LogP contribution in [0.1, 0.15) is 46.4 Å². The molecule has 0 saturated heterocycles. The van der Waals surface area contributed by atoms with Crippen molar-refractivity contribution in [2.45, 2.75) is 31.6 Å². The molecule has 1 atom stereocenters. The van der Waals surface area contributed by atoms with Gasteiger partial charge in [0.05, 0.1) is 40.7 Å². The van der Waals surface area contributed by atoms with E-state index in [1.807, 2.05) is 11.5 Å². The Morgan fingerprint density at radius 3 is 2.54 bits per heavy atom. The van der Waals surface area contributed by atoms with Crippen molar-refractivity contribution in [1.82, 2.24) is 20.1 Å². The fourth-order valence-electron chi connectivity index (χ4n) is 3.23. The Bertz CT molecular complexity index is 1250. The van der Waals surface area contributed by atoms with Gasteiger partial charge in [-0.2, -0.15) is 0 Å². The van der Waals surface area contributed by atoms with Crippen molar-refractivity contribution < 1.29 is 19.1 Å². The second kappa shape index (κ2) is 12.1. The maximum absolute atomic E-state index is 12.7. The number of hydrogen-bond acceptors (Lipinski definition) is 7. The molecule has 0 aliphatic rings. The molecule has 2 amide bonds. The summed E-state index contributed by atoms with van der Waals surface area (Å²) < 4.78 is 6.56. The fraction of sp³-hybridized carbons (Fsp3) is 0.261. The highest BCUT2D eigenvalue weighted by molar-refractivity contribution is 7.99. The lowest BCUT2D eigenvalue weighted by Gasteiger charge is -2.15. The standard InChI is InChI=1S/C23H23Cl2N5O4S/c1-4-30-20(13(2)26-21(32)15-10-9-14(24)11-17(15)25)28-29-23(30)35-12-19(31)27-18-8-6-5-7-16(18)22(33)34-3/h5-11,13H,4,12H2,1-3H3,(H,26,32)(H,27,31)/t13-/m0/s1. The van der Waals surface area contributed by atoms with Crippen molar-refractivity contribution in [3.05, 3.63) is 69.5 Å². The Kier molecular flexibility index (Phi) is 9.13. The summed E-state index contributed by atoms with van der Waals surface area (Å²) in [6.45, 7) is 4.22. The highest BCUT2D eigenvalue weighted by atomic mass is 35.5. The molecule has 2 aromatic carbocycles. The molecule has 35 heavy (non-hydrogen) atoms. The number of carbonyl (C=O) groups excluding carboxylic acids is 3. The molecule has 1 aromatic heterocycles. The number of carbonyl (C=O) groups is 3. The molecule has 0 unspecified atom stereocenters. The van der Waals surface area contributed by atoms with Crippen LogP contribution in [0.5, 0.6) is 0 Å². The number of aromatic nitrogens is 3. The number of nitrogens with one attached hydrogen (secondary N) is 2. The summed E-state index contributed by atoms with van der Waals surface area (Å²) in [5, 5.41) is 15.2. The number of ether oxygens (including phenoxy) is 1. The Morgan fingerprint density at radius 1 is 1.11 bits per heavy atom. The van der Waals surface area contributed by atoms with Gasteiger partial charge in [-0.15, -0.1) is 10.2 Å². The molecular weight excluding hydrogens is 513 g/mol. The summed E-state index contributed by atoms with van der Waals surface area (Å²) in [5.41, 5.74) is 0.918. The minimum absolute atomic E-state index is 0.0365. The second-order valence-corrected chi connectivity index (χ2v) is 9.06. The Morgan fingerprint density at radius 2 is 1.86 bits per heavy atom. The van der Waals surface area contributed by atoms with Gasteiger partial charge in [-0.25, -0.2) is 4.79 Å². The summed E-state index contributed by atoms with van der Waals surface area (Å²) in [7, 11) is 1.28. The van der Waals surface area contributed by atoms with E-state index in [9.17, 15) is 14.4 Å². The van der Waals surface area contributed by atoms with E-state index in [4.69, 9.17) is 27.9 Å². The van der Waals surface area contributed by atoms with Crippen molar-refractivity contribution >= 4 is 58.4 Å². The monoisotopic (exact) mass is 535 g/mol. The van der Waals surface area contributed by atoms with Gasteiger partial charge >= 0.3 is 5.97 Å². The zero-order valence-electron chi connectivity index (χ0n) is 19.2. The highest BCUT2D eigenvalue weighted by Crippen LogP contribution is 2.24. The summed E-state index contributed by atoms with van der Waals surface area (Å²) in [6, 6.07) is 10.8. The molecule has 12 heteroatoms. The van der Waals surface area contributed by atoms with Crippen LogP contribution >= 0.6 is 35.0 Å². The lowest BCUT2D eigenvalue weighted by molar-refractivity contribution is -0.113. The predicted molar refractivity (Wildman–Crippen MR) is 135 cm³/mol. The van der Waals surface area contributed by atoms with Gasteiger partial charge in [0.2, 0.25) is 5.91 Å². The van der Waals surface area contributed by atoms with Crippen LogP contribution in [0.4, 0.5) is 5.69 Å². The van der Waals surface area contributed by atoms with Gasteiger partial charge in [0.15, 0.2) is 11.0 Å². The van der Waals surface area contributed by atoms with E-state index in [1.165, 1.54) is 24.9 Å². The third kappa shape index (κ3) is 6.53. The lowest BCUT2D eigenvalue weighted by atomic mass is 10.2. The number of nitrogens with zero attached hydrogens (tertiary/aromatic N) is 3. The van der Waals surface area contributed by atoms with Crippen LogP contribution < -0.4 is 10.6 Å². The number of amides is 2. The molecule has 0 fully saturated rings. The molecule has 0 radical (unpaired) electrons. The SMILES string of the molecule is CCn1c(SCC(=O)Nc2ccccc2C(=O)OC)nnc1[C@H](C)NC(=O)c1ccc(Cl)cc1Cl. The number of benzene rings is 2. The molecular formula is C23H23Cl2N5O4S. The minimum Gasteiger partial charge on any atom is -0.465 e. The van der Waals surface area contributed by atoms with Gasteiger partial charge in [0, 0.05) is 11.6 Å². The zero-order chi connectivity index (χ0) is 25.5. The number of rotatable bonds is 9. The first-order chi connectivity index (χ1) is 16.7. The first-order valence-corrected chi connectivity index (χ1v) is 12.3. The van der Waals surface area contributed by atoms with Crippen LogP contribution in [0.2, 0.25) is 10.0 Å². The normalized spacial score (nSPS) is 11.6. The first-order valence-electron chi connectivity index (χ1n) is 10.5. The van der Waals surface area contributed by atoms with Gasteiger partial charge < -0.3 is 19.9 Å². The first kappa shape index (κ1) is 26.5. The number of hydrogen-bond donors (Lipinski definition) is 2. The van der Waals surface area contributed by atoms with Gasteiger partial charge in [0.25, 0.3) is 5.91 Å². The number of para-hydroxylation sites is 1. The number of methoxy groups -OCH3 is 1. The average molecular weight is 536 g/mol. The van der Waals surface area contributed by atoms with E-state index in [-0.39, 0.29) is 28.2 Å². The summed E-state index contributed by atoms with van der Waals surface area (Å²) >= 11 is 13.2. The van der Waals surface area contributed by atoms with Crippen LogP contribution in [-0.2, 0) is 16.1 Å². The van der Waals surface area contributed by atoms with E-state index in [2.05, 4.69) is 20.8 Å². The summed E-state index contributed by atoms with van der Waals surface area (Å²) in [6.07, 6.45) is 0. The summed E-state index contributed by atoms with van der Waals surface area (Å²) in [4.78, 5) is 37.1. The van der Waals surface area contributed by atoms with E-state index >= 15 is 0 Å². The number of anilines is 1. The van der Waals surface area contributed by atoms with E-state index < -0.39 is 12.0 Å². The van der Waals surface area contributed by atoms with Crippen LogP contribution in [0.15, 0.2) is 47.6 Å². The van der Waals surface area contributed by atoms with E-state index in [0.29, 0.717) is 33.8 Å². The Hall–Kier alpha value is -3.08. The molecule has 1 heterocycles. The van der Waals surface area contributed by atoms with Crippen molar-refractivity contribution in [3.63, 3.8) is 0 Å².